The number of aromatic nitrogens is 4. The Balaban J connectivity index is 1.88. The number of imidazole rings is 1. The molecule has 0 spiro atoms. The lowest BCUT2D eigenvalue weighted by molar-refractivity contribution is 0.562. The standard InChI is InChI=1S/C20H22FN5S/c1-25-18(16-10-11-22-19(23-16)27-2)17(14-6-8-15(21)9-7-14)24-20(25)26-12-4-3-5-13-26/h6-11H,3-5,12-13H2,1-2H3. The molecule has 1 aliphatic rings. The minimum atomic E-state index is -0.251. The molecule has 0 bridgehead atoms. The summed E-state index contributed by atoms with van der Waals surface area (Å²) in [5, 5.41) is 0.721. The van der Waals surface area contributed by atoms with Crippen molar-refractivity contribution < 1.29 is 4.39 Å². The molecule has 0 N–H and O–H groups in total. The molecule has 0 saturated carbocycles. The Hall–Kier alpha value is -2.41. The van der Waals surface area contributed by atoms with Gasteiger partial charge in [-0.2, -0.15) is 0 Å². The zero-order chi connectivity index (χ0) is 18.8. The van der Waals surface area contributed by atoms with Gasteiger partial charge in [0.05, 0.1) is 11.4 Å². The predicted octanol–water partition coefficient (Wildman–Crippen LogP) is 4.40. The Labute approximate surface area is 162 Å². The van der Waals surface area contributed by atoms with Gasteiger partial charge in [-0.3, -0.25) is 0 Å². The van der Waals surface area contributed by atoms with Crippen LogP contribution in [0.4, 0.5) is 10.3 Å². The molecule has 5 nitrogen and oxygen atoms in total. The van der Waals surface area contributed by atoms with E-state index in [4.69, 9.17) is 4.98 Å². The average molecular weight is 383 g/mol. The molecule has 1 saturated heterocycles. The first-order chi connectivity index (χ1) is 13.2. The molecule has 27 heavy (non-hydrogen) atoms. The summed E-state index contributed by atoms with van der Waals surface area (Å²) < 4.78 is 15.6. The van der Waals surface area contributed by atoms with Gasteiger partial charge in [-0.25, -0.2) is 19.3 Å². The molecule has 0 unspecified atom stereocenters. The molecule has 4 rings (SSSR count). The summed E-state index contributed by atoms with van der Waals surface area (Å²) >= 11 is 1.51. The van der Waals surface area contributed by atoms with E-state index in [1.165, 1.54) is 43.2 Å². The number of hydrogen-bond acceptors (Lipinski definition) is 5. The summed E-state index contributed by atoms with van der Waals surface area (Å²) in [4.78, 5) is 16.3. The van der Waals surface area contributed by atoms with Crippen LogP contribution in [0.5, 0.6) is 0 Å². The number of halogens is 1. The molecule has 140 valence electrons. The monoisotopic (exact) mass is 383 g/mol. The van der Waals surface area contributed by atoms with Gasteiger partial charge in [0, 0.05) is 31.9 Å². The Bertz CT molecular complexity index is 932. The van der Waals surface area contributed by atoms with Crippen molar-refractivity contribution >= 4 is 17.7 Å². The normalized spacial score (nSPS) is 14.6. The van der Waals surface area contributed by atoms with Crippen LogP contribution < -0.4 is 4.90 Å². The van der Waals surface area contributed by atoms with E-state index in [-0.39, 0.29) is 5.82 Å². The molecule has 1 aromatic carbocycles. The van der Waals surface area contributed by atoms with Crippen LogP contribution in [0.1, 0.15) is 19.3 Å². The first-order valence-corrected chi connectivity index (χ1v) is 10.3. The van der Waals surface area contributed by atoms with Gasteiger partial charge in [0.25, 0.3) is 0 Å². The summed E-state index contributed by atoms with van der Waals surface area (Å²) in [5.41, 5.74) is 3.46. The maximum atomic E-state index is 13.4. The third kappa shape index (κ3) is 3.56. The summed E-state index contributed by atoms with van der Waals surface area (Å²) in [6, 6.07) is 8.41. The van der Waals surface area contributed by atoms with Gasteiger partial charge in [0.2, 0.25) is 5.95 Å². The van der Waals surface area contributed by atoms with Crippen molar-refractivity contribution in [3.8, 4) is 22.6 Å². The summed E-state index contributed by atoms with van der Waals surface area (Å²) in [6.45, 7) is 2.01. The van der Waals surface area contributed by atoms with E-state index in [2.05, 4.69) is 19.4 Å². The Kier molecular flexibility index (Phi) is 5.11. The Morgan fingerprint density at radius 2 is 1.74 bits per heavy atom. The molecule has 1 fully saturated rings. The van der Waals surface area contributed by atoms with E-state index in [1.54, 1.807) is 18.3 Å². The van der Waals surface area contributed by atoms with Crippen LogP contribution >= 0.6 is 11.8 Å². The van der Waals surface area contributed by atoms with Gasteiger partial charge < -0.3 is 9.47 Å². The maximum Gasteiger partial charge on any atom is 0.206 e. The fourth-order valence-corrected chi connectivity index (χ4v) is 3.89. The van der Waals surface area contributed by atoms with Gasteiger partial charge in [-0.15, -0.1) is 0 Å². The topological polar surface area (TPSA) is 46.8 Å². The molecule has 2 aromatic heterocycles. The molecular weight excluding hydrogens is 361 g/mol. The van der Waals surface area contributed by atoms with E-state index in [0.717, 1.165) is 46.8 Å². The summed E-state index contributed by atoms with van der Waals surface area (Å²) in [6.07, 6.45) is 7.36. The molecule has 0 amide bonds. The summed E-state index contributed by atoms with van der Waals surface area (Å²) in [7, 11) is 2.03. The van der Waals surface area contributed by atoms with Crippen LogP contribution in [-0.2, 0) is 7.05 Å². The Morgan fingerprint density at radius 3 is 2.44 bits per heavy atom. The number of piperidine rings is 1. The highest BCUT2D eigenvalue weighted by Gasteiger charge is 2.23. The number of nitrogens with zero attached hydrogens (tertiary/aromatic N) is 5. The lowest BCUT2D eigenvalue weighted by atomic mass is 10.1. The minimum Gasteiger partial charge on any atom is -0.342 e. The van der Waals surface area contributed by atoms with E-state index in [0.29, 0.717) is 0 Å². The van der Waals surface area contributed by atoms with Gasteiger partial charge in [0.1, 0.15) is 11.5 Å². The van der Waals surface area contributed by atoms with Crippen LogP contribution in [0, 0.1) is 5.82 Å². The lowest BCUT2D eigenvalue weighted by Gasteiger charge is -2.27. The van der Waals surface area contributed by atoms with Crippen LogP contribution in [0.2, 0.25) is 0 Å². The van der Waals surface area contributed by atoms with Crippen molar-refractivity contribution in [3.63, 3.8) is 0 Å². The average Bonchev–Trinajstić information content (AvgIpc) is 3.06. The molecule has 7 heteroatoms. The third-order valence-electron chi connectivity index (χ3n) is 4.89. The van der Waals surface area contributed by atoms with Gasteiger partial charge in [-0.1, -0.05) is 11.8 Å². The first-order valence-electron chi connectivity index (χ1n) is 9.12. The predicted molar refractivity (Wildman–Crippen MR) is 107 cm³/mol. The van der Waals surface area contributed by atoms with Gasteiger partial charge >= 0.3 is 0 Å². The van der Waals surface area contributed by atoms with Gasteiger partial charge in [-0.05, 0) is 55.9 Å². The Morgan fingerprint density at radius 1 is 1.00 bits per heavy atom. The van der Waals surface area contributed by atoms with Crippen molar-refractivity contribution in [2.45, 2.75) is 24.4 Å². The van der Waals surface area contributed by atoms with E-state index < -0.39 is 0 Å². The van der Waals surface area contributed by atoms with Crippen molar-refractivity contribution in [2.75, 3.05) is 24.2 Å². The fourth-order valence-electron chi connectivity index (χ4n) is 3.54. The van der Waals surface area contributed by atoms with Crippen molar-refractivity contribution in [2.24, 2.45) is 7.05 Å². The molecule has 0 radical (unpaired) electrons. The lowest BCUT2D eigenvalue weighted by Crippen LogP contribution is -2.31. The number of anilines is 1. The largest absolute Gasteiger partial charge is 0.342 e. The highest BCUT2D eigenvalue weighted by molar-refractivity contribution is 7.98. The van der Waals surface area contributed by atoms with Crippen molar-refractivity contribution in [1.29, 1.82) is 0 Å². The van der Waals surface area contributed by atoms with Crippen LogP contribution in [0.15, 0.2) is 41.7 Å². The molecule has 0 atom stereocenters. The van der Waals surface area contributed by atoms with E-state index >= 15 is 0 Å². The number of rotatable bonds is 4. The van der Waals surface area contributed by atoms with E-state index in [1.807, 2.05) is 19.4 Å². The number of hydrogen-bond donors (Lipinski definition) is 0. The highest BCUT2D eigenvalue weighted by atomic mass is 32.2. The first kappa shape index (κ1) is 18.0. The second kappa shape index (κ2) is 7.68. The van der Waals surface area contributed by atoms with Crippen molar-refractivity contribution in [1.82, 2.24) is 19.5 Å². The van der Waals surface area contributed by atoms with Crippen LogP contribution in [0.25, 0.3) is 22.6 Å². The summed E-state index contributed by atoms with van der Waals surface area (Å²) in [5.74, 6) is 0.688. The molecule has 3 heterocycles. The number of thioether (sulfide) groups is 1. The minimum absolute atomic E-state index is 0.251. The maximum absolute atomic E-state index is 13.4. The molecule has 1 aliphatic heterocycles. The number of benzene rings is 1. The molecular formula is C20H22FN5S. The zero-order valence-electron chi connectivity index (χ0n) is 15.5. The smallest absolute Gasteiger partial charge is 0.206 e. The second-order valence-corrected chi connectivity index (χ2v) is 7.42. The molecule has 0 aliphatic carbocycles. The van der Waals surface area contributed by atoms with Gasteiger partial charge in [0.15, 0.2) is 5.16 Å². The fraction of sp³-hybridized carbons (Fsp3) is 0.350. The zero-order valence-corrected chi connectivity index (χ0v) is 16.3. The third-order valence-corrected chi connectivity index (χ3v) is 5.45. The SMILES string of the molecule is CSc1nccc(-c2c(-c3ccc(F)cc3)nc(N3CCCCC3)n2C)n1. The van der Waals surface area contributed by atoms with Crippen LogP contribution in [0.3, 0.4) is 0 Å². The van der Waals surface area contributed by atoms with E-state index in [9.17, 15) is 4.39 Å². The van der Waals surface area contributed by atoms with Crippen LogP contribution in [-0.4, -0.2) is 38.9 Å². The quantitative estimate of drug-likeness (QED) is 0.494. The second-order valence-electron chi connectivity index (χ2n) is 6.65. The van der Waals surface area contributed by atoms with Crippen molar-refractivity contribution in [3.05, 3.63) is 42.3 Å². The molecule has 3 aromatic rings. The highest BCUT2D eigenvalue weighted by Crippen LogP contribution is 2.35.